The van der Waals surface area contributed by atoms with Crippen LogP contribution in [-0.2, 0) is 38.1 Å². The number of hydrogen-bond donors (Lipinski definition) is 0. The highest BCUT2D eigenvalue weighted by Crippen LogP contribution is 2.34. The van der Waals surface area contributed by atoms with Gasteiger partial charge in [-0.1, -0.05) is 11.8 Å². The lowest BCUT2D eigenvalue weighted by atomic mass is 9.97. The Morgan fingerprint density at radius 2 is 1.58 bits per heavy atom. The quantitative estimate of drug-likeness (QED) is 0.309. The minimum atomic E-state index is -1.12. The Labute approximate surface area is 195 Å². The number of thioether (sulfide) groups is 1. The minimum absolute atomic E-state index is 0.261. The van der Waals surface area contributed by atoms with Crippen LogP contribution in [0.25, 0.3) is 0 Å². The van der Waals surface area contributed by atoms with Gasteiger partial charge in [0, 0.05) is 33.9 Å². The first kappa shape index (κ1) is 26.3. The summed E-state index contributed by atoms with van der Waals surface area (Å²) in [4.78, 5) is 51.5. The number of esters is 3. The molecule has 11 heteroatoms. The van der Waals surface area contributed by atoms with Crippen LogP contribution in [0.5, 0.6) is 5.75 Å². The number of nitrogens with zero attached hydrogens (tertiary/aromatic N) is 1. The Morgan fingerprint density at radius 3 is 2.09 bits per heavy atom. The van der Waals surface area contributed by atoms with Gasteiger partial charge in [-0.3, -0.25) is 24.2 Å². The van der Waals surface area contributed by atoms with Crippen molar-refractivity contribution in [3.05, 3.63) is 29.8 Å². The van der Waals surface area contributed by atoms with Crippen molar-refractivity contribution in [1.29, 1.82) is 0 Å². The molecule has 33 heavy (non-hydrogen) atoms. The highest BCUT2D eigenvalue weighted by Gasteiger charge is 2.50. The first-order valence-electron chi connectivity index (χ1n) is 10.1. The summed E-state index contributed by atoms with van der Waals surface area (Å²) < 4.78 is 27.1. The van der Waals surface area contributed by atoms with E-state index in [9.17, 15) is 19.2 Å². The van der Waals surface area contributed by atoms with Crippen LogP contribution in [0.3, 0.4) is 0 Å². The molecule has 0 N–H and O–H groups in total. The summed E-state index contributed by atoms with van der Waals surface area (Å²) in [7, 11) is 1.55. The Balaban J connectivity index is 2.45. The Bertz CT molecular complexity index is 886. The van der Waals surface area contributed by atoms with Gasteiger partial charge in [-0.2, -0.15) is 0 Å². The summed E-state index contributed by atoms with van der Waals surface area (Å²) >= 11 is 0.847. The van der Waals surface area contributed by atoms with Crippen LogP contribution in [0.4, 0.5) is 0 Å². The molecular formula is C22H27NO9S. The third kappa shape index (κ3) is 8.17. The number of carbonyl (C=O) groups is 4. The highest BCUT2D eigenvalue weighted by atomic mass is 32.2. The summed E-state index contributed by atoms with van der Waals surface area (Å²) in [5.41, 5.74) is -0.177. The van der Waals surface area contributed by atoms with E-state index in [2.05, 4.69) is 4.99 Å². The van der Waals surface area contributed by atoms with E-state index >= 15 is 0 Å². The number of carbonyl (C=O) groups excluding carboxylic acids is 4. The lowest BCUT2D eigenvalue weighted by Crippen LogP contribution is -2.60. The molecule has 2 rings (SSSR count). The lowest BCUT2D eigenvalue weighted by molar-refractivity contribution is -0.208. The molecule has 1 fully saturated rings. The normalized spacial score (nSPS) is 24.7. The molecule has 1 aromatic rings. The van der Waals surface area contributed by atoms with E-state index in [1.54, 1.807) is 31.4 Å². The van der Waals surface area contributed by atoms with Gasteiger partial charge >= 0.3 is 17.9 Å². The van der Waals surface area contributed by atoms with Crippen LogP contribution in [-0.4, -0.2) is 72.7 Å². The molecule has 1 aliphatic rings. The van der Waals surface area contributed by atoms with Crippen molar-refractivity contribution >= 4 is 41.0 Å². The molecule has 0 aromatic heterocycles. The number of ether oxygens (including phenoxy) is 5. The zero-order valence-electron chi connectivity index (χ0n) is 19.0. The van der Waals surface area contributed by atoms with Crippen molar-refractivity contribution in [3.63, 3.8) is 0 Å². The fourth-order valence-corrected chi connectivity index (χ4v) is 4.06. The van der Waals surface area contributed by atoms with Crippen LogP contribution >= 0.6 is 11.8 Å². The van der Waals surface area contributed by atoms with E-state index in [-0.39, 0.29) is 11.7 Å². The predicted octanol–water partition coefficient (Wildman–Crippen LogP) is 1.91. The molecule has 0 radical (unpaired) electrons. The average molecular weight is 482 g/mol. The van der Waals surface area contributed by atoms with E-state index < -0.39 is 47.7 Å². The van der Waals surface area contributed by atoms with Gasteiger partial charge in [-0.05, 0) is 29.8 Å². The van der Waals surface area contributed by atoms with Gasteiger partial charge in [0.1, 0.15) is 29.9 Å². The largest absolute Gasteiger partial charge is 0.497 e. The zero-order valence-corrected chi connectivity index (χ0v) is 19.8. The van der Waals surface area contributed by atoms with Crippen LogP contribution < -0.4 is 4.74 Å². The molecule has 10 nitrogen and oxygen atoms in total. The maximum absolute atomic E-state index is 11.9. The van der Waals surface area contributed by atoms with E-state index in [4.69, 9.17) is 23.7 Å². The molecule has 1 aromatic carbocycles. The minimum Gasteiger partial charge on any atom is -0.497 e. The molecule has 0 saturated carbocycles. The van der Waals surface area contributed by atoms with Crippen LogP contribution in [0.2, 0.25) is 0 Å². The standard InChI is InChI=1S/C22H27NO9S/c1-12(24)29-11-18-20(30-13(2)25)21(31-14(3)26)19(22(32-18)33-15(4)27)23-10-16-6-8-17(28-5)9-7-16/h6-10,18-22H,11H2,1-5H3/t18?,19-,20-,21-,22+/m1/s1. The number of methoxy groups -OCH3 is 1. The van der Waals surface area contributed by atoms with Crippen molar-refractivity contribution in [3.8, 4) is 5.75 Å². The van der Waals surface area contributed by atoms with Crippen LogP contribution in [0.15, 0.2) is 29.3 Å². The molecular weight excluding hydrogens is 454 g/mol. The summed E-state index contributed by atoms with van der Waals surface area (Å²) in [6.07, 6.45) is -1.65. The Morgan fingerprint density at radius 1 is 0.970 bits per heavy atom. The predicted molar refractivity (Wildman–Crippen MR) is 119 cm³/mol. The summed E-state index contributed by atoms with van der Waals surface area (Å²) in [6.45, 7) is 4.71. The van der Waals surface area contributed by atoms with Crippen molar-refractivity contribution in [2.24, 2.45) is 4.99 Å². The second kappa shape index (κ2) is 12.4. The molecule has 1 saturated heterocycles. The van der Waals surface area contributed by atoms with E-state index in [1.165, 1.54) is 33.9 Å². The second-order valence-electron chi connectivity index (χ2n) is 7.14. The summed E-state index contributed by atoms with van der Waals surface area (Å²) in [5.74, 6) is -1.19. The number of aliphatic imine (C=N–C) groups is 1. The summed E-state index contributed by atoms with van der Waals surface area (Å²) in [6, 6.07) is 6.14. The Hall–Kier alpha value is -2.92. The molecule has 0 bridgehead atoms. The van der Waals surface area contributed by atoms with Gasteiger partial charge in [0.05, 0.1) is 7.11 Å². The fraction of sp³-hybridized carbons (Fsp3) is 0.500. The van der Waals surface area contributed by atoms with Crippen molar-refractivity contribution < 1.29 is 42.9 Å². The molecule has 1 aliphatic heterocycles. The first-order valence-corrected chi connectivity index (χ1v) is 11.0. The molecule has 1 heterocycles. The zero-order chi connectivity index (χ0) is 24.5. The third-order valence-corrected chi connectivity index (χ3v) is 5.42. The van der Waals surface area contributed by atoms with Gasteiger partial charge in [0.15, 0.2) is 17.3 Å². The maximum atomic E-state index is 11.9. The SMILES string of the molecule is COc1ccc(C=N[C@@H]2[C@@H](OC(C)=O)[C@H](OC(C)=O)C(COC(C)=O)O[C@H]2SC(C)=O)cc1. The third-order valence-electron chi connectivity index (χ3n) is 4.46. The number of hydrogen-bond acceptors (Lipinski definition) is 11. The van der Waals surface area contributed by atoms with Crippen LogP contribution in [0.1, 0.15) is 33.3 Å². The second-order valence-corrected chi connectivity index (χ2v) is 8.42. The summed E-state index contributed by atoms with van der Waals surface area (Å²) in [5, 5.41) is -0.261. The van der Waals surface area contributed by atoms with E-state index in [0.717, 1.165) is 17.3 Å². The molecule has 5 atom stereocenters. The van der Waals surface area contributed by atoms with Crippen molar-refractivity contribution in [1.82, 2.24) is 0 Å². The van der Waals surface area contributed by atoms with Gasteiger partial charge in [0.2, 0.25) is 0 Å². The number of benzene rings is 1. The van der Waals surface area contributed by atoms with Gasteiger partial charge in [0.25, 0.3) is 0 Å². The van der Waals surface area contributed by atoms with E-state index in [1.807, 2.05) is 0 Å². The van der Waals surface area contributed by atoms with Crippen LogP contribution in [0, 0.1) is 0 Å². The van der Waals surface area contributed by atoms with E-state index in [0.29, 0.717) is 5.75 Å². The molecule has 0 amide bonds. The van der Waals surface area contributed by atoms with Crippen molar-refractivity contribution in [2.75, 3.05) is 13.7 Å². The lowest BCUT2D eigenvalue weighted by Gasteiger charge is -2.43. The van der Waals surface area contributed by atoms with Gasteiger partial charge < -0.3 is 23.7 Å². The number of rotatable bonds is 8. The van der Waals surface area contributed by atoms with Crippen molar-refractivity contribution in [2.45, 2.75) is 57.5 Å². The average Bonchev–Trinajstić information content (AvgIpc) is 2.73. The molecule has 1 unspecified atom stereocenters. The molecule has 180 valence electrons. The monoisotopic (exact) mass is 481 g/mol. The smallest absolute Gasteiger partial charge is 0.303 e. The topological polar surface area (TPSA) is 127 Å². The molecule has 0 aliphatic carbocycles. The van der Waals surface area contributed by atoms with Gasteiger partial charge in [-0.15, -0.1) is 0 Å². The first-order chi connectivity index (χ1) is 15.6. The Kier molecular flexibility index (Phi) is 9.86. The fourth-order valence-electron chi connectivity index (χ4n) is 3.17. The molecule has 0 spiro atoms. The van der Waals surface area contributed by atoms with Gasteiger partial charge in [-0.25, -0.2) is 0 Å². The maximum Gasteiger partial charge on any atom is 0.303 e. The highest BCUT2D eigenvalue weighted by molar-refractivity contribution is 8.14.